The second kappa shape index (κ2) is 45.6. The first kappa shape index (κ1) is 56.5. The molecule has 7 nitrogen and oxygen atoms in total. The summed E-state index contributed by atoms with van der Waals surface area (Å²) >= 11 is 3.33. The fourth-order valence-electron chi connectivity index (χ4n) is 6.27. The molecule has 0 aromatic carbocycles. The molecule has 0 N–H and O–H groups in total. The van der Waals surface area contributed by atoms with Crippen molar-refractivity contribution < 1.29 is 91.1 Å². The van der Waals surface area contributed by atoms with Gasteiger partial charge in [0.1, 0.15) is 10.1 Å². The van der Waals surface area contributed by atoms with Gasteiger partial charge in [-0.3, -0.25) is 9.59 Å². The molecule has 0 aliphatic heterocycles. The minimum atomic E-state index is -5.02. The van der Waals surface area contributed by atoms with Gasteiger partial charge in [0.15, 0.2) is 5.25 Å². The van der Waals surface area contributed by atoms with Crippen molar-refractivity contribution in [2.75, 3.05) is 13.2 Å². The minimum absolute atomic E-state index is 0. The average Bonchev–Trinajstić information content (AvgIpc) is 3.10. The first-order valence-electron chi connectivity index (χ1n) is 21.0. The molecule has 0 amide bonds. The van der Waals surface area contributed by atoms with Gasteiger partial charge in [0.25, 0.3) is 0 Å². The summed E-state index contributed by atoms with van der Waals surface area (Å²) in [6.07, 6.45) is 38.8. The van der Waals surface area contributed by atoms with Crippen molar-refractivity contribution in [2.24, 2.45) is 0 Å². The van der Waals surface area contributed by atoms with Crippen molar-refractivity contribution in [3.8, 4) is 0 Å². The fraction of sp³-hybridized carbons (Fsp3) is 0.950. The molecule has 11 heteroatoms. The molecule has 294 valence electrons. The van der Waals surface area contributed by atoms with E-state index in [2.05, 4.69) is 27.2 Å². The van der Waals surface area contributed by atoms with Gasteiger partial charge in [0.05, 0.1) is 19.6 Å². The predicted molar refractivity (Wildman–Crippen MR) is 208 cm³/mol. The number of unbranched alkanes of at least 4 members (excludes halogenated alkanes) is 30. The summed E-state index contributed by atoms with van der Waals surface area (Å²) in [7, 11) is -5.02. The van der Waals surface area contributed by atoms with E-state index in [1.165, 1.54) is 154 Å². The Morgan fingerprint density at radius 1 is 0.490 bits per heavy atom. The second-order valence-corrected chi connectivity index (χ2v) is 15.7. The molecule has 0 aliphatic carbocycles. The predicted octanol–water partition coefficient (Wildman–Crippen LogP) is 5.64. The van der Waals surface area contributed by atoms with Crippen molar-refractivity contribution in [3.05, 3.63) is 0 Å². The van der Waals surface area contributed by atoms with Crippen molar-refractivity contribution in [1.82, 2.24) is 0 Å². The van der Waals surface area contributed by atoms with Crippen LogP contribution in [-0.4, -0.2) is 44.5 Å². The van der Waals surface area contributed by atoms with E-state index in [0.29, 0.717) is 12.8 Å². The molecule has 1 unspecified atom stereocenters. The Morgan fingerprint density at radius 3 is 0.980 bits per heavy atom. The van der Waals surface area contributed by atoms with Crippen molar-refractivity contribution >= 4 is 35.5 Å². The van der Waals surface area contributed by atoms with Gasteiger partial charge in [-0.15, -0.1) is 0 Å². The van der Waals surface area contributed by atoms with Gasteiger partial charge < -0.3 is 27.4 Å². The van der Waals surface area contributed by atoms with Crippen LogP contribution in [0.3, 0.4) is 0 Å². The van der Waals surface area contributed by atoms with Crippen LogP contribution >= 0.6 is 0 Å². The van der Waals surface area contributed by atoms with E-state index in [9.17, 15) is 22.6 Å². The molecule has 0 aromatic heterocycles. The van der Waals surface area contributed by atoms with Gasteiger partial charge in [0.2, 0.25) is 0 Å². The van der Waals surface area contributed by atoms with Crippen LogP contribution in [0.5, 0.6) is 0 Å². The van der Waals surface area contributed by atoms with Crippen molar-refractivity contribution in [3.63, 3.8) is 0 Å². The molecule has 0 fully saturated rings. The van der Waals surface area contributed by atoms with Crippen LogP contribution in [0.4, 0.5) is 0 Å². The molecule has 0 aromatic rings. The van der Waals surface area contributed by atoms with Gasteiger partial charge in [0, 0.05) is 0 Å². The molecule has 1 atom stereocenters. The Morgan fingerprint density at radius 2 is 0.725 bits per heavy atom. The monoisotopic (exact) mass is 782 g/mol. The van der Waals surface area contributed by atoms with E-state index in [0.717, 1.165) is 38.5 Å². The van der Waals surface area contributed by atoms with E-state index in [1.54, 1.807) is 0 Å². The maximum Gasteiger partial charge on any atom is 1.00 e. The second-order valence-electron chi connectivity index (χ2n) is 14.2. The van der Waals surface area contributed by atoms with Crippen LogP contribution in [0.2, 0.25) is 0 Å². The first-order chi connectivity index (χ1) is 24.3. The number of carbonyl (C=O) groups excluding carboxylic acids is 2. The SMILES string of the molecule is CCCCCCCCCCCCCCCCCCOC(=O)CC(C(=O)OCCCCCCCCCCCCCCCCCC)S(=O)(=O)[O-].[2H][S-].[Na+].[Na+]. The summed E-state index contributed by atoms with van der Waals surface area (Å²) in [6.45, 7) is 4.73. The number of esters is 2. The van der Waals surface area contributed by atoms with E-state index in [-0.39, 0.29) is 72.3 Å². The van der Waals surface area contributed by atoms with E-state index in [4.69, 9.17) is 10.6 Å². The van der Waals surface area contributed by atoms with Gasteiger partial charge in [-0.2, -0.15) is 1.12 Å². The summed E-state index contributed by atoms with van der Waals surface area (Å²) in [5.74, 6) is -2.00. The fourth-order valence-corrected chi connectivity index (χ4v) is 6.91. The third-order valence-electron chi connectivity index (χ3n) is 9.47. The molecule has 0 aliphatic rings. The summed E-state index contributed by atoms with van der Waals surface area (Å²) in [6, 6.07) is 0. The minimum Gasteiger partial charge on any atom is -0.813 e. The Balaban J connectivity index is -0.00000282. The number of rotatable bonds is 38. The molecule has 0 saturated carbocycles. The van der Waals surface area contributed by atoms with E-state index in [1.807, 2.05) is 0 Å². The first-order valence-corrected chi connectivity index (χ1v) is 22.1. The zero-order valence-electron chi connectivity index (χ0n) is 35.0. The molecule has 0 spiro atoms. The molecular weight excluding hydrogens is 703 g/mol. The smallest absolute Gasteiger partial charge is 0.813 e. The molecule has 0 heterocycles. The maximum atomic E-state index is 12.3. The van der Waals surface area contributed by atoms with Crippen LogP contribution in [0.15, 0.2) is 0 Å². The Hall–Kier alpha value is 1.20. The standard InChI is InChI=1S/C40H78O7S.2Na.H2S/c1-3-5-7-9-11-13-15-17-19-21-23-25-27-29-31-33-35-46-39(41)37-38(48(43,44)45)40(42)47-36-34-32-30-28-26-24-22-20-18-16-14-12-10-8-6-4-2;;;/h38H,3-37H2,1-2H3,(H,43,44,45);;;1H2/q;2*+1;/p-2/i/hD. The Kier molecular flexibility index (Phi) is 50.5. The summed E-state index contributed by atoms with van der Waals surface area (Å²) < 4.78 is 50.5. The topological polar surface area (TPSA) is 110 Å². The molecule has 0 bridgehead atoms. The Labute approximate surface area is 368 Å². The van der Waals surface area contributed by atoms with Crippen LogP contribution < -0.4 is 59.1 Å². The number of thiol groups is 1. The number of carbonyl (C=O) groups is 2. The van der Waals surface area contributed by atoms with Gasteiger partial charge >= 0.3 is 71.1 Å². The van der Waals surface area contributed by atoms with Crippen LogP contribution in [0.1, 0.15) is 226 Å². The molecule has 0 saturated heterocycles. The average molecular weight is 782 g/mol. The third-order valence-corrected chi connectivity index (χ3v) is 10.5. The van der Waals surface area contributed by atoms with Crippen LogP contribution in [0, 0.1) is 0 Å². The molecular formula is C40H78Na2O7S2. The quantitative estimate of drug-likeness (QED) is 0.0198. The van der Waals surface area contributed by atoms with Crippen LogP contribution in [0.25, 0.3) is 0 Å². The largest absolute Gasteiger partial charge is 1.00 e. The summed E-state index contributed by atoms with van der Waals surface area (Å²) in [5, 5.41) is -2.04. The zero-order valence-corrected chi connectivity index (χ0v) is 39.6. The summed E-state index contributed by atoms with van der Waals surface area (Å²) in [4.78, 5) is 24.5. The maximum absolute atomic E-state index is 12.3. The third kappa shape index (κ3) is 43.8. The zero-order chi connectivity index (χ0) is 37.4. The normalized spacial score (nSPS) is 11.7. The van der Waals surface area contributed by atoms with E-state index >= 15 is 0 Å². The number of ether oxygens (including phenoxy) is 2. The van der Waals surface area contributed by atoms with Gasteiger partial charge in [-0.05, 0) is 12.8 Å². The van der Waals surface area contributed by atoms with E-state index < -0.39 is 33.7 Å². The van der Waals surface area contributed by atoms with Crippen molar-refractivity contribution in [2.45, 2.75) is 231 Å². The molecule has 0 rings (SSSR count). The van der Waals surface area contributed by atoms with Crippen LogP contribution in [-0.2, 0) is 42.6 Å². The van der Waals surface area contributed by atoms with Gasteiger partial charge in [-0.25, -0.2) is 8.42 Å². The molecule has 0 radical (unpaired) electrons. The summed E-state index contributed by atoms with van der Waals surface area (Å²) in [5.41, 5.74) is 0. The number of hydrogen-bond donors (Lipinski definition) is 0. The van der Waals surface area contributed by atoms with Gasteiger partial charge in [-0.1, -0.05) is 206 Å². The molecule has 51 heavy (non-hydrogen) atoms. The Bertz CT molecular complexity index is 839. The van der Waals surface area contributed by atoms with Crippen molar-refractivity contribution in [1.29, 1.82) is 1.12 Å². The number of hydrogen-bond acceptors (Lipinski definition) is 8.